The zero-order valence-corrected chi connectivity index (χ0v) is 11.3. The van der Waals surface area contributed by atoms with E-state index in [0.717, 1.165) is 29.7 Å². The number of nitrogens with zero attached hydrogens (tertiary/aromatic N) is 3. The second-order valence-electron chi connectivity index (χ2n) is 4.59. The Morgan fingerprint density at radius 3 is 2.95 bits per heavy atom. The average molecular weight is 268 g/mol. The number of pyridine rings is 1. The smallest absolute Gasteiger partial charge is 0.201 e. The van der Waals surface area contributed by atoms with Crippen LogP contribution in [0.3, 0.4) is 0 Å². The molecule has 102 valence electrons. The van der Waals surface area contributed by atoms with Crippen molar-refractivity contribution in [2.45, 2.75) is 13.0 Å². The van der Waals surface area contributed by atoms with Gasteiger partial charge >= 0.3 is 0 Å². The molecule has 2 aromatic heterocycles. The Kier molecular flexibility index (Phi) is 3.25. The van der Waals surface area contributed by atoms with E-state index in [2.05, 4.69) is 16.0 Å². The molecule has 5 heteroatoms. The van der Waals surface area contributed by atoms with Gasteiger partial charge in [0.05, 0.1) is 18.1 Å². The molecule has 0 aliphatic heterocycles. The first-order valence-electron chi connectivity index (χ1n) is 6.46. The van der Waals surface area contributed by atoms with Crippen LogP contribution in [-0.2, 0) is 13.0 Å². The van der Waals surface area contributed by atoms with E-state index in [1.165, 1.54) is 5.56 Å². The monoisotopic (exact) mass is 268 g/mol. The van der Waals surface area contributed by atoms with E-state index in [9.17, 15) is 0 Å². The normalized spacial score (nSPS) is 10.8. The molecule has 0 bridgehead atoms. The van der Waals surface area contributed by atoms with E-state index in [1.54, 1.807) is 13.3 Å². The molecule has 1 aromatic carbocycles. The standard InChI is InChI=1S/C15H16N4O/c1-20-12-4-5-13-14(9-12)19(15(16)18-13)8-6-11-3-2-7-17-10-11/h2-5,7,9-10H,6,8H2,1H3,(H2,16,18). The fourth-order valence-corrected chi connectivity index (χ4v) is 2.27. The van der Waals surface area contributed by atoms with E-state index in [4.69, 9.17) is 10.5 Å². The van der Waals surface area contributed by atoms with Gasteiger partial charge in [-0.1, -0.05) is 6.07 Å². The number of nitrogen functional groups attached to an aromatic ring is 1. The van der Waals surface area contributed by atoms with Crippen molar-refractivity contribution >= 4 is 17.0 Å². The first kappa shape index (κ1) is 12.5. The van der Waals surface area contributed by atoms with Gasteiger partial charge in [0.15, 0.2) is 0 Å². The maximum absolute atomic E-state index is 6.00. The van der Waals surface area contributed by atoms with Crippen LogP contribution >= 0.6 is 0 Å². The summed E-state index contributed by atoms with van der Waals surface area (Å²) in [5.74, 6) is 1.33. The van der Waals surface area contributed by atoms with Gasteiger partial charge in [-0.05, 0) is 30.2 Å². The number of benzene rings is 1. The highest BCUT2D eigenvalue weighted by molar-refractivity contribution is 5.79. The van der Waals surface area contributed by atoms with Crippen molar-refractivity contribution in [1.82, 2.24) is 14.5 Å². The number of methoxy groups -OCH3 is 1. The molecule has 5 nitrogen and oxygen atoms in total. The predicted molar refractivity (Wildman–Crippen MR) is 78.6 cm³/mol. The Hall–Kier alpha value is -2.56. The maximum Gasteiger partial charge on any atom is 0.201 e. The summed E-state index contributed by atoms with van der Waals surface area (Å²) < 4.78 is 7.26. The summed E-state index contributed by atoms with van der Waals surface area (Å²) >= 11 is 0. The lowest BCUT2D eigenvalue weighted by Gasteiger charge is -2.07. The zero-order valence-electron chi connectivity index (χ0n) is 11.3. The van der Waals surface area contributed by atoms with Crippen LogP contribution in [0.4, 0.5) is 5.95 Å². The fourth-order valence-electron chi connectivity index (χ4n) is 2.27. The predicted octanol–water partition coefficient (Wildman–Crippen LogP) is 2.26. The number of rotatable bonds is 4. The van der Waals surface area contributed by atoms with Gasteiger partial charge in [0.25, 0.3) is 0 Å². The molecule has 0 spiro atoms. The van der Waals surface area contributed by atoms with Crippen LogP contribution in [0, 0.1) is 0 Å². The lowest BCUT2D eigenvalue weighted by Crippen LogP contribution is -2.05. The largest absolute Gasteiger partial charge is 0.497 e. The summed E-state index contributed by atoms with van der Waals surface area (Å²) in [6.07, 6.45) is 4.51. The van der Waals surface area contributed by atoms with Crippen LogP contribution < -0.4 is 10.5 Å². The van der Waals surface area contributed by atoms with Crippen molar-refractivity contribution in [3.8, 4) is 5.75 Å². The first-order chi connectivity index (χ1) is 9.78. The third-order valence-electron chi connectivity index (χ3n) is 3.33. The minimum absolute atomic E-state index is 0.525. The minimum Gasteiger partial charge on any atom is -0.497 e. The fraction of sp³-hybridized carbons (Fsp3) is 0.200. The van der Waals surface area contributed by atoms with Crippen molar-refractivity contribution in [1.29, 1.82) is 0 Å². The number of nitrogens with two attached hydrogens (primary N) is 1. The van der Waals surface area contributed by atoms with Gasteiger partial charge in [0, 0.05) is 25.0 Å². The Morgan fingerprint density at radius 2 is 2.20 bits per heavy atom. The van der Waals surface area contributed by atoms with Crippen molar-refractivity contribution in [2.24, 2.45) is 0 Å². The van der Waals surface area contributed by atoms with Gasteiger partial charge < -0.3 is 15.0 Å². The van der Waals surface area contributed by atoms with E-state index < -0.39 is 0 Å². The molecule has 0 saturated carbocycles. The quantitative estimate of drug-likeness (QED) is 0.788. The molecule has 20 heavy (non-hydrogen) atoms. The SMILES string of the molecule is COc1ccc2nc(N)n(CCc3cccnc3)c2c1. The highest BCUT2D eigenvalue weighted by Crippen LogP contribution is 2.23. The van der Waals surface area contributed by atoms with E-state index in [1.807, 2.05) is 35.0 Å². The van der Waals surface area contributed by atoms with Crippen LogP contribution in [0.5, 0.6) is 5.75 Å². The molecule has 2 N–H and O–H groups in total. The summed E-state index contributed by atoms with van der Waals surface area (Å²) in [6.45, 7) is 0.765. The number of ether oxygens (including phenoxy) is 1. The molecule has 0 saturated heterocycles. The Labute approximate surface area is 117 Å². The van der Waals surface area contributed by atoms with Gasteiger partial charge in [-0.25, -0.2) is 4.98 Å². The summed E-state index contributed by atoms with van der Waals surface area (Å²) in [5.41, 5.74) is 9.06. The molecular formula is C15H16N4O. The van der Waals surface area contributed by atoms with Gasteiger partial charge in [0.1, 0.15) is 5.75 Å². The van der Waals surface area contributed by atoms with Gasteiger partial charge in [0.2, 0.25) is 5.95 Å². The van der Waals surface area contributed by atoms with Crippen LogP contribution in [0.15, 0.2) is 42.7 Å². The first-order valence-corrected chi connectivity index (χ1v) is 6.46. The zero-order chi connectivity index (χ0) is 13.9. The van der Waals surface area contributed by atoms with Crippen LogP contribution in [0.25, 0.3) is 11.0 Å². The maximum atomic E-state index is 6.00. The van der Waals surface area contributed by atoms with E-state index in [-0.39, 0.29) is 0 Å². The number of aryl methyl sites for hydroxylation is 2. The van der Waals surface area contributed by atoms with Crippen LogP contribution in [0.1, 0.15) is 5.56 Å². The highest BCUT2D eigenvalue weighted by Gasteiger charge is 2.09. The molecule has 0 radical (unpaired) electrons. The average Bonchev–Trinajstić information content (AvgIpc) is 2.80. The summed E-state index contributed by atoms with van der Waals surface area (Å²) in [7, 11) is 1.65. The number of anilines is 1. The lowest BCUT2D eigenvalue weighted by molar-refractivity contribution is 0.415. The van der Waals surface area contributed by atoms with Crippen molar-refractivity contribution in [2.75, 3.05) is 12.8 Å². The number of fused-ring (bicyclic) bond motifs is 1. The minimum atomic E-state index is 0.525. The molecule has 0 aliphatic carbocycles. The molecule has 3 rings (SSSR count). The van der Waals surface area contributed by atoms with E-state index in [0.29, 0.717) is 5.95 Å². The van der Waals surface area contributed by atoms with Gasteiger partial charge in [-0.15, -0.1) is 0 Å². The summed E-state index contributed by atoms with van der Waals surface area (Å²) in [5, 5.41) is 0. The van der Waals surface area contributed by atoms with Crippen molar-refractivity contribution in [3.05, 3.63) is 48.3 Å². The molecular weight excluding hydrogens is 252 g/mol. The van der Waals surface area contributed by atoms with Crippen molar-refractivity contribution < 1.29 is 4.74 Å². The Bertz CT molecular complexity index is 721. The third kappa shape index (κ3) is 2.30. The molecule has 0 unspecified atom stereocenters. The summed E-state index contributed by atoms with van der Waals surface area (Å²) in [4.78, 5) is 8.49. The number of hydrogen-bond donors (Lipinski definition) is 1. The van der Waals surface area contributed by atoms with Crippen LogP contribution in [0.2, 0.25) is 0 Å². The second kappa shape index (κ2) is 5.21. The lowest BCUT2D eigenvalue weighted by atomic mass is 10.2. The topological polar surface area (TPSA) is 66.0 Å². The summed E-state index contributed by atoms with van der Waals surface area (Å²) in [6, 6.07) is 9.77. The highest BCUT2D eigenvalue weighted by atomic mass is 16.5. The number of imidazole rings is 1. The molecule has 0 atom stereocenters. The van der Waals surface area contributed by atoms with Gasteiger partial charge in [-0.2, -0.15) is 0 Å². The van der Waals surface area contributed by atoms with Crippen molar-refractivity contribution in [3.63, 3.8) is 0 Å². The molecule has 0 fully saturated rings. The Balaban J connectivity index is 1.92. The number of hydrogen-bond acceptors (Lipinski definition) is 4. The second-order valence-corrected chi connectivity index (χ2v) is 4.59. The molecule has 0 amide bonds. The molecule has 0 aliphatic rings. The number of aromatic nitrogens is 3. The third-order valence-corrected chi connectivity index (χ3v) is 3.33. The van der Waals surface area contributed by atoms with E-state index >= 15 is 0 Å². The molecule has 3 aromatic rings. The van der Waals surface area contributed by atoms with Crippen LogP contribution in [-0.4, -0.2) is 21.6 Å². The molecule has 2 heterocycles. The Morgan fingerprint density at radius 1 is 1.30 bits per heavy atom. The van der Waals surface area contributed by atoms with Gasteiger partial charge in [-0.3, -0.25) is 4.98 Å².